The van der Waals surface area contributed by atoms with Crippen molar-refractivity contribution in [1.82, 2.24) is 5.32 Å². The van der Waals surface area contributed by atoms with E-state index in [9.17, 15) is 5.11 Å². The van der Waals surface area contributed by atoms with Crippen molar-refractivity contribution in [1.29, 1.82) is 0 Å². The SMILES string of the molecule is CC.CC(C)(O)CC1CC[C@H]2C(CC3C4CCC5C(C)(C)[C@@H](OC6CNCCO6)CCC56C[C@@]46CCC32C)O1.CCO. The number of aliphatic hydroxyl groups excluding tert-OH is 1. The third-order valence-corrected chi connectivity index (χ3v) is 13.5. The molecule has 2 aliphatic heterocycles. The van der Waals surface area contributed by atoms with Gasteiger partial charge in [-0.25, -0.2) is 0 Å². The fraction of sp³-hybridized carbons (Fsp3) is 1.00. The highest BCUT2D eigenvalue weighted by Gasteiger charge is 2.80. The second-order valence-electron chi connectivity index (χ2n) is 16.4. The van der Waals surface area contributed by atoms with Crippen molar-refractivity contribution in [3.63, 3.8) is 0 Å². The predicted molar refractivity (Wildman–Crippen MR) is 168 cm³/mol. The summed E-state index contributed by atoms with van der Waals surface area (Å²) in [7, 11) is 0. The number of ether oxygens (including phenoxy) is 3. The molecule has 3 N–H and O–H groups in total. The Morgan fingerprint density at radius 2 is 1.64 bits per heavy atom. The van der Waals surface area contributed by atoms with Crippen molar-refractivity contribution >= 4 is 0 Å². The van der Waals surface area contributed by atoms with E-state index >= 15 is 0 Å². The van der Waals surface area contributed by atoms with Crippen molar-refractivity contribution in [2.24, 2.45) is 45.3 Å². The van der Waals surface area contributed by atoms with Gasteiger partial charge in [0.15, 0.2) is 6.29 Å². The molecule has 7 fully saturated rings. The first-order valence-electron chi connectivity index (χ1n) is 17.9. The number of fused-ring (bicyclic) bond motifs is 4. The summed E-state index contributed by atoms with van der Waals surface area (Å²) < 4.78 is 19.4. The van der Waals surface area contributed by atoms with E-state index in [1.54, 1.807) is 6.92 Å². The van der Waals surface area contributed by atoms with E-state index in [1.807, 2.05) is 27.7 Å². The molecular formula is C36H65NO5. The predicted octanol–water partition coefficient (Wildman–Crippen LogP) is 6.71. The van der Waals surface area contributed by atoms with E-state index in [1.165, 1.54) is 57.8 Å². The second-order valence-corrected chi connectivity index (χ2v) is 16.4. The molecule has 0 aromatic rings. The standard InChI is InChI=1S/C32H53NO4.C2H6O.C2H6/c1-28(2,34)17-20-6-7-22-24(36-20)16-23-21-8-9-25-29(3,4)26(37-27-18-33-14-15-35-27)10-11-32(25)19-31(21,32)13-12-30(22,23)5;1-2-3;1-2/h20-27,33-34H,6-19H2,1-5H3;3H,2H2,1H3;1-2H3/t20?,21?,22-,23?,24?,25?,26-,27?,30?,31-,32?;;/m0../s1. The summed E-state index contributed by atoms with van der Waals surface area (Å²) in [5.74, 6) is 3.23. The Hall–Kier alpha value is -0.240. The van der Waals surface area contributed by atoms with Crippen LogP contribution in [0.5, 0.6) is 0 Å². The summed E-state index contributed by atoms with van der Waals surface area (Å²) in [6, 6.07) is 0. The van der Waals surface area contributed by atoms with E-state index in [0.717, 1.165) is 56.2 Å². The van der Waals surface area contributed by atoms with Crippen molar-refractivity contribution in [2.45, 2.75) is 156 Å². The van der Waals surface area contributed by atoms with Crippen LogP contribution >= 0.6 is 0 Å². The zero-order valence-electron chi connectivity index (χ0n) is 28.3. The quantitative estimate of drug-likeness (QED) is 0.337. The van der Waals surface area contributed by atoms with E-state index in [4.69, 9.17) is 19.3 Å². The molecule has 0 bridgehead atoms. The van der Waals surface area contributed by atoms with Crippen LogP contribution in [0.25, 0.3) is 0 Å². The van der Waals surface area contributed by atoms with Gasteiger partial charge in [0.1, 0.15) is 0 Å². The van der Waals surface area contributed by atoms with Crippen LogP contribution in [0.1, 0.15) is 126 Å². The summed E-state index contributed by atoms with van der Waals surface area (Å²) >= 11 is 0. The molecule has 2 spiro atoms. The fourth-order valence-electron chi connectivity index (χ4n) is 12.1. The van der Waals surface area contributed by atoms with E-state index < -0.39 is 5.60 Å². The van der Waals surface area contributed by atoms with E-state index in [0.29, 0.717) is 28.5 Å². The minimum Gasteiger partial charge on any atom is -0.397 e. The average molecular weight is 592 g/mol. The Balaban J connectivity index is 0.000000665. The molecule has 0 amide bonds. The molecular weight excluding hydrogens is 526 g/mol. The number of nitrogens with one attached hydrogen (secondary N) is 1. The van der Waals surface area contributed by atoms with Gasteiger partial charge in [0.2, 0.25) is 0 Å². The molecule has 0 aromatic carbocycles. The topological polar surface area (TPSA) is 80.2 Å². The largest absolute Gasteiger partial charge is 0.397 e. The first-order valence-corrected chi connectivity index (χ1v) is 17.9. The van der Waals surface area contributed by atoms with Crippen LogP contribution < -0.4 is 5.32 Å². The average Bonchev–Trinajstić information content (AvgIpc) is 3.52. The summed E-state index contributed by atoms with van der Waals surface area (Å²) in [4.78, 5) is 0. The van der Waals surface area contributed by atoms with E-state index in [2.05, 4.69) is 26.1 Å². The molecule has 8 unspecified atom stereocenters. The molecule has 42 heavy (non-hydrogen) atoms. The summed E-state index contributed by atoms with van der Waals surface area (Å²) in [6.07, 6.45) is 15.1. The Labute approximate surface area is 257 Å². The number of hydrogen-bond donors (Lipinski definition) is 3. The molecule has 0 radical (unpaired) electrons. The maximum atomic E-state index is 10.4. The molecule has 0 aromatic heterocycles. The lowest BCUT2D eigenvalue weighted by Gasteiger charge is -2.60. The Kier molecular flexibility index (Phi) is 9.60. The first-order chi connectivity index (χ1) is 19.9. The minimum atomic E-state index is -0.634. The van der Waals surface area contributed by atoms with Crippen LogP contribution in [0.2, 0.25) is 0 Å². The Bertz CT molecular complexity index is 913. The molecule has 6 nitrogen and oxygen atoms in total. The molecule has 6 heteroatoms. The van der Waals surface area contributed by atoms with Crippen LogP contribution in [0.15, 0.2) is 0 Å². The maximum absolute atomic E-state index is 10.4. The van der Waals surface area contributed by atoms with E-state index in [-0.39, 0.29) is 24.4 Å². The van der Waals surface area contributed by atoms with Gasteiger partial charge in [-0.05, 0) is 130 Å². The van der Waals surface area contributed by atoms with Crippen LogP contribution in [-0.2, 0) is 14.2 Å². The van der Waals surface area contributed by atoms with Gasteiger partial charge in [-0.3, -0.25) is 0 Å². The van der Waals surface area contributed by atoms with Crippen molar-refractivity contribution < 1.29 is 24.4 Å². The van der Waals surface area contributed by atoms with Crippen molar-refractivity contribution in [3.05, 3.63) is 0 Å². The highest BCUT2D eigenvalue weighted by atomic mass is 16.7. The van der Waals surface area contributed by atoms with Crippen molar-refractivity contribution in [3.8, 4) is 0 Å². The molecule has 5 saturated carbocycles. The number of aliphatic hydroxyl groups is 2. The lowest BCUT2D eigenvalue weighted by molar-refractivity contribution is -0.232. The van der Waals surface area contributed by atoms with Crippen molar-refractivity contribution in [2.75, 3.05) is 26.3 Å². The molecule has 7 aliphatic rings. The van der Waals surface area contributed by atoms with Gasteiger partial charge in [0, 0.05) is 26.1 Å². The summed E-state index contributed by atoms with van der Waals surface area (Å²) in [5.41, 5.74) is 1.18. The van der Waals surface area contributed by atoms with Gasteiger partial charge in [0.25, 0.3) is 0 Å². The van der Waals surface area contributed by atoms with Crippen LogP contribution in [0.3, 0.4) is 0 Å². The van der Waals surface area contributed by atoms with Gasteiger partial charge in [-0.2, -0.15) is 0 Å². The molecule has 5 aliphatic carbocycles. The van der Waals surface area contributed by atoms with Gasteiger partial charge in [0.05, 0.1) is 30.5 Å². The van der Waals surface area contributed by atoms with Gasteiger partial charge >= 0.3 is 0 Å². The highest BCUT2D eigenvalue weighted by molar-refractivity contribution is 5.29. The van der Waals surface area contributed by atoms with Gasteiger partial charge in [-0.1, -0.05) is 34.6 Å². The lowest BCUT2D eigenvalue weighted by Crippen LogP contribution is -2.56. The third-order valence-electron chi connectivity index (χ3n) is 13.5. The first kappa shape index (κ1) is 33.1. The van der Waals surface area contributed by atoms with Crippen LogP contribution in [-0.4, -0.2) is 66.7 Å². The molecule has 11 atom stereocenters. The van der Waals surface area contributed by atoms with Gasteiger partial charge in [-0.15, -0.1) is 0 Å². The fourth-order valence-corrected chi connectivity index (χ4v) is 12.1. The zero-order chi connectivity index (χ0) is 30.6. The Morgan fingerprint density at radius 1 is 0.929 bits per heavy atom. The van der Waals surface area contributed by atoms with Gasteiger partial charge < -0.3 is 29.7 Å². The molecule has 2 heterocycles. The Morgan fingerprint density at radius 3 is 2.31 bits per heavy atom. The lowest BCUT2D eigenvalue weighted by atomic mass is 9.46. The molecule has 2 saturated heterocycles. The summed E-state index contributed by atoms with van der Waals surface area (Å²) in [5, 5.41) is 21.4. The monoisotopic (exact) mass is 591 g/mol. The van der Waals surface area contributed by atoms with Crippen LogP contribution in [0, 0.1) is 45.3 Å². The summed E-state index contributed by atoms with van der Waals surface area (Å²) in [6.45, 7) is 20.1. The maximum Gasteiger partial charge on any atom is 0.170 e. The smallest absolute Gasteiger partial charge is 0.170 e. The number of morpholine rings is 1. The normalized spacial score (nSPS) is 48.4. The number of hydrogen-bond acceptors (Lipinski definition) is 6. The highest BCUT2D eigenvalue weighted by Crippen LogP contribution is 2.87. The zero-order valence-corrected chi connectivity index (χ0v) is 28.3. The molecule has 7 rings (SSSR count). The molecule has 244 valence electrons. The van der Waals surface area contributed by atoms with Crippen LogP contribution in [0.4, 0.5) is 0 Å². The second kappa shape index (κ2) is 12.2. The number of rotatable bonds is 4. The third kappa shape index (κ3) is 5.44. The minimum absolute atomic E-state index is 0.0750.